The molecule has 1 saturated heterocycles. The summed E-state index contributed by atoms with van der Waals surface area (Å²) in [6.07, 6.45) is 4.10. The van der Waals surface area contributed by atoms with Gasteiger partial charge in [0.15, 0.2) is 0 Å². The van der Waals surface area contributed by atoms with Crippen molar-refractivity contribution in [3.63, 3.8) is 0 Å². The van der Waals surface area contributed by atoms with E-state index in [1.807, 2.05) is 6.07 Å². The van der Waals surface area contributed by atoms with Crippen LogP contribution in [0.4, 0.5) is 0 Å². The zero-order chi connectivity index (χ0) is 15.9. The van der Waals surface area contributed by atoms with E-state index in [9.17, 15) is 8.42 Å². The van der Waals surface area contributed by atoms with Crippen LogP contribution < -0.4 is 4.74 Å². The van der Waals surface area contributed by atoms with Crippen LogP contribution in [-0.2, 0) is 16.4 Å². The normalized spacial score (nSPS) is 25.6. The van der Waals surface area contributed by atoms with E-state index in [-0.39, 0.29) is 6.04 Å². The van der Waals surface area contributed by atoms with Crippen molar-refractivity contribution in [2.45, 2.75) is 31.3 Å². The Morgan fingerprint density at radius 3 is 2.77 bits per heavy atom. The molecule has 2 atom stereocenters. The van der Waals surface area contributed by atoms with Crippen LogP contribution in [0.1, 0.15) is 30.0 Å². The lowest BCUT2D eigenvalue weighted by molar-refractivity contribution is 0.0971. The van der Waals surface area contributed by atoms with Crippen molar-refractivity contribution >= 4 is 10.0 Å². The van der Waals surface area contributed by atoms with Crippen molar-refractivity contribution in [3.8, 4) is 5.75 Å². The van der Waals surface area contributed by atoms with Crippen LogP contribution in [0.2, 0.25) is 0 Å². The first kappa shape index (κ1) is 15.8. The highest BCUT2D eigenvalue weighted by Gasteiger charge is 2.36. The first-order valence-corrected chi connectivity index (χ1v) is 9.59. The molecule has 2 aliphatic heterocycles. The zero-order valence-corrected chi connectivity index (χ0v) is 14.3. The number of methoxy groups -OCH3 is 1. The predicted molar refractivity (Wildman–Crippen MR) is 86.6 cm³/mol. The molecular weight excluding hydrogens is 300 g/mol. The minimum absolute atomic E-state index is 0.0873. The molecule has 0 aliphatic carbocycles. The number of piperidine rings is 1. The van der Waals surface area contributed by atoms with E-state index in [1.165, 1.54) is 17.4 Å². The lowest BCUT2D eigenvalue weighted by Crippen LogP contribution is -2.48. The van der Waals surface area contributed by atoms with E-state index in [4.69, 9.17) is 4.74 Å². The number of hydrogen-bond donors (Lipinski definition) is 0. The molecule has 2 unspecified atom stereocenters. The van der Waals surface area contributed by atoms with Crippen LogP contribution in [0.15, 0.2) is 18.2 Å². The highest BCUT2D eigenvalue weighted by Crippen LogP contribution is 2.39. The molecule has 0 saturated carbocycles. The summed E-state index contributed by atoms with van der Waals surface area (Å²) in [4.78, 5) is 2.49. The maximum absolute atomic E-state index is 11.8. The lowest BCUT2D eigenvalue weighted by atomic mass is 9.85. The predicted octanol–water partition coefficient (Wildman–Crippen LogP) is 1.65. The van der Waals surface area contributed by atoms with Crippen molar-refractivity contribution < 1.29 is 13.2 Å². The Bertz CT molecular complexity index is 659. The molecule has 5 nitrogen and oxygen atoms in total. The second-order valence-corrected chi connectivity index (χ2v) is 8.37. The number of hydrogen-bond acceptors (Lipinski definition) is 4. The van der Waals surface area contributed by atoms with E-state index in [0.29, 0.717) is 6.04 Å². The summed E-state index contributed by atoms with van der Waals surface area (Å²) in [7, 11) is 0.257. The van der Waals surface area contributed by atoms with Gasteiger partial charge in [-0.1, -0.05) is 6.07 Å². The molecule has 0 radical (unpaired) electrons. The summed E-state index contributed by atoms with van der Waals surface area (Å²) >= 11 is 0. The minimum Gasteiger partial charge on any atom is -0.497 e. The van der Waals surface area contributed by atoms with Crippen molar-refractivity contribution in [3.05, 3.63) is 29.3 Å². The number of sulfonamides is 1. The molecule has 3 rings (SSSR count). The molecule has 0 spiro atoms. The van der Waals surface area contributed by atoms with Crippen molar-refractivity contribution in [2.75, 3.05) is 33.5 Å². The first-order valence-electron chi connectivity index (χ1n) is 7.74. The van der Waals surface area contributed by atoms with Crippen molar-refractivity contribution in [2.24, 2.45) is 0 Å². The summed E-state index contributed by atoms with van der Waals surface area (Å²) < 4.78 is 30.5. The standard InChI is InChI=1S/C16H24N2O3S/c1-17(22(3,19)20)13-7-9-18-8-6-12-10-14(21-2)4-5-15(12)16(18)11-13/h4-5,10,13,16H,6-9,11H2,1-3H3. The lowest BCUT2D eigenvalue weighted by Gasteiger charge is -2.45. The molecule has 6 heteroatoms. The first-order chi connectivity index (χ1) is 10.4. The fourth-order valence-electron chi connectivity index (χ4n) is 3.70. The second-order valence-electron chi connectivity index (χ2n) is 6.32. The molecule has 1 fully saturated rings. The van der Waals surface area contributed by atoms with Crippen LogP contribution in [0.25, 0.3) is 0 Å². The largest absolute Gasteiger partial charge is 0.497 e. The Morgan fingerprint density at radius 1 is 1.32 bits per heavy atom. The number of fused-ring (bicyclic) bond motifs is 3. The van der Waals surface area contributed by atoms with E-state index < -0.39 is 10.0 Å². The monoisotopic (exact) mass is 324 g/mol. The van der Waals surface area contributed by atoms with Gasteiger partial charge in [-0.3, -0.25) is 4.90 Å². The molecule has 0 amide bonds. The number of benzene rings is 1. The van der Waals surface area contributed by atoms with Crippen LogP contribution >= 0.6 is 0 Å². The van der Waals surface area contributed by atoms with E-state index in [1.54, 1.807) is 18.5 Å². The third kappa shape index (κ3) is 2.87. The van der Waals surface area contributed by atoms with Gasteiger partial charge in [-0.2, -0.15) is 0 Å². The van der Waals surface area contributed by atoms with Gasteiger partial charge in [-0.15, -0.1) is 0 Å². The van der Waals surface area contributed by atoms with Gasteiger partial charge in [0.2, 0.25) is 10.0 Å². The maximum atomic E-state index is 11.8. The Balaban J connectivity index is 1.86. The Hall–Kier alpha value is -1.11. The third-order valence-corrected chi connectivity index (χ3v) is 6.44. The van der Waals surface area contributed by atoms with E-state index in [0.717, 1.165) is 38.1 Å². The van der Waals surface area contributed by atoms with Gasteiger partial charge in [0.05, 0.1) is 13.4 Å². The van der Waals surface area contributed by atoms with Crippen molar-refractivity contribution in [1.82, 2.24) is 9.21 Å². The summed E-state index contributed by atoms with van der Waals surface area (Å²) in [5.41, 5.74) is 2.67. The van der Waals surface area contributed by atoms with Gasteiger partial charge >= 0.3 is 0 Å². The molecule has 2 aliphatic rings. The van der Waals surface area contributed by atoms with Gasteiger partial charge in [-0.05, 0) is 42.5 Å². The molecule has 2 heterocycles. The average molecular weight is 324 g/mol. The summed E-state index contributed by atoms with van der Waals surface area (Å²) in [5, 5.41) is 0. The second kappa shape index (κ2) is 5.83. The molecular formula is C16H24N2O3S. The fourth-order valence-corrected chi connectivity index (χ4v) is 4.44. The molecule has 1 aromatic carbocycles. The average Bonchev–Trinajstić information content (AvgIpc) is 2.52. The van der Waals surface area contributed by atoms with Crippen LogP contribution in [0.3, 0.4) is 0 Å². The number of ether oxygens (including phenoxy) is 1. The van der Waals surface area contributed by atoms with Crippen LogP contribution in [-0.4, -0.2) is 57.2 Å². The van der Waals surface area contributed by atoms with E-state index in [2.05, 4.69) is 17.0 Å². The van der Waals surface area contributed by atoms with Crippen LogP contribution in [0.5, 0.6) is 5.75 Å². The Labute approximate surface area is 132 Å². The quantitative estimate of drug-likeness (QED) is 0.848. The number of nitrogens with zero attached hydrogens (tertiary/aromatic N) is 2. The maximum Gasteiger partial charge on any atom is 0.211 e. The highest BCUT2D eigenvalue weighted by molar-refractivity contribution is 7.88. The zero-order valence-electron chi connectivity index (χ0n) is 13.4. The van der Waals surface area contributed by atoms with Crippen molar-refractivity contribution in [1.29, 1.82) is 0 Å². The van der Waals surface area contributed by atoms with Gasteiger partial charge < -0.3 is 4.74 Å². The summed E-state index contributed by atoms with van der Waals surface area (Å²) in [5.74, 6) is 0.896. The third-order valence-electron chi connectivity index (χ3n) is 5.10. The molecule has 0 bridgehead atoms. The van der Waals surface area contributed by atoms with Gasteiger partial charge in [0.25, 0.3) is 0 Å². The smallest absolute Gasteiger partial charge is 0.211 e. The molecule has 122 valence electrons. The molecule has 1 aromatic rings. The van der Waals surface area contributed by atoms with Gasteiger partial charge in [0, 0.05) is 32.2 Å². The van der Waals surface area contributed by atoms with E-state index >= 15 is 0 Å². The highest BCUT2D eigenvalue weighted by atomic mass is 32.2. The molecule has 0 N–H and O–H groups in total. The summed E-state index contributed by atoms with van der Waals surface area (Å²) in [6, 6.07) is 6.68. The fraction of sp³-hybridized carbons (Fsp3) is 0.625. The van der Waals surface area contributed by atoms with Crippen LogP contribution in [0, 0.1) is 0 Å². The molecule has 0 aromatic heterocycles. The SMILES string of the molecule is COc1ccc2c(c1)CCN1CCC(N(C)S(C)(=O)=O)CC21. The molecule has 22 heavy (non-hydrogen) atoms. The minimum atomic E-state index is -3.13. The summed E-state index contributed by atoms with van der Waals surface area (Å²) in [6.45, 7) is 2.00. The van der Waals surface area contributed by atoms with Gasteiger partial charge in [-0.25, -0.2) is 12.7 Å². The Kier molecular flexibility index (Phi) is 4.18. The Morgan fingerprint density at radius 2 is 2.09 bits per heavy atom. The number of rotatable bonds is 3. The van der Waals surface area contributed by atoms with Gasteiger partial charge in [0.1, 0.15) is 5.75 Å². The topological polar surface area (TPSA) is 49.9 Å².